The lowest BCUT2D eigenvalue weighted by Gasteiger charge is -2.26. The molecule has 0 saturated carbocycles. The summed E-state index contributed by atoms with van der Waals surface area (Å²) in [7, 11) is -4.03. The molecule has 0 saturated heterocycles. The van der Waals surface area contributed by atoms with Gasteiger partial charge in [-0.05, 0) is 68.3 Å². The summed E-state index contributed by atoms with van der Waals surface area (Å²) in [5, 5.41) is 3.30. The summed E-state index contributed by atoms with van der Waals surface area (Å²) < 4.78 is 39.4. The summed E-state index contributed by atoms with van der Waals surface area (Å²) >= 11 is 6.29. The maximum absolute atomic E-state index is 13.6. The molecule has 0 radical (unpaired) electrons. The number of rotatable bonds is 7. The van der Waals surface area contributed by atoms with Gasteiger partial charge in [-0.2, -0.15) is 0 Å². The Labute approximate surface area is 210 Å². The molecule has 0 fully saturated rings. The number of hydrogen-bond donors (Lipinski definition) is 1. The van der Waals surface area contributed by atoms with Crippen LogP contribution in [0, 0.1) is 13.8 Å². The first-order valence-electron chi connectivity index (χ1n) is 11.2. The number of ether oxygens (including phenoxy) is 2. The van der Waals surface area contributed by atoms with Crippen LogP contribution in [0.15, 0.2) is 65.6 Å². The standard InChI is InChI=1S/C26H27ClN2O5S/c1-17-4-9-22(10-5-17)35(31,32)29(21-8-6-18(2)23(27)15-21)16-26(30)28-19(3)20-7-11-24-25(14-20)34-13-12-33-24/h4-11,14-15,19H,12-13,16H2,1-3H3,(H,28,30)/t19-/m0/s1. The van der Waals surface area contributed by atoms with Gasteiger partial charge in [-0.1, -0.05) is 41.4 Å². The number of nitrogens with one attached hydrogen (secondary N) is 1. The van der Waals surface area contributed by atoms with Crippen LogP contribution in [0.25, 0.3) is 0 Å². The van der Waals surface area contributed by atoms with Crippen molar-refractivity contribution in [3.05, 3.63) is 82.4 Å². The maximum atomic E-state index is 13.6. The number of sulfonamides is 1. The third-order valence-electron chi connectivity index (χ3n) is 5.78. The summed E-state index contributed by atoms with van der Waals surface area (Å²) in [6, 6.07) is 16.5. The monoisotopic (exact) mass is 514 g/mol. The van der Waals surface area contributed by atoms with Gasteiger partial charge in [0.05, 0.1) is 16.6 Å². The van der Waals surface area contributed by atoms with Gasteiger partial charge in [0, 0.05) is 5.02 Å². The Morgan fingerprint density at radius 3 is 2.37 bits per heavy atom. The number of anilines is 1. The fourth-order valence-corrected chi connectivity index (χ4v) is 5.31. The van der Waals surface area contributed by atoms with E-state index in [0.717, 1.165) is 21.0 Å². The van der Waals surface area contributed by atoms with E-state index in [1.807, 2.05) is 32.9 Å². The van der Waals surface area contributed by atoms with Gasteiger partial charge in [-0.25, -0.2) is 8.42 Å². The predicted molar refractivity (Wildman–Crippen MR) is 136 cm³/mol. The average Bonchev–Trinajstić information content (AvgIpc) is 2.84. The molecule has 0 bridgehead atoms. The van der Waals surface area contributed by atoms with E-state index in [4.69, 9.17) is 21.1 Å². The van der Waals surface area contributed by atoms with Crippen molar-refractivity contribution in [2.75, 3.05) is 24.1 Å². The first-order chi connectivity index (χ1) is 16.6. The van der Waals surface area contributed by atoms with E-state index in [1.165, 1.54) is 12.1 Å². The lowest BCUT2D eigenvalue weighted by Crippen LogP contribution is -2.41. The van der Waals surface area contributed by atoms with Crippen LogP contribution >= 0.6 is 11.6 Å². The van der Waals surface area contributed by atoms with Crippen molar-refractivity contribution in [3.8, 4) is 11.5 Å². The van der Waals surface area contributed by atoms with Crippen molar-refractivity contribution in [1.82, 2.24) is 5.32 Å². The Kier molecular flexibility index (Phi) is 7.23. The van der Waals surface area contributed by atoms with E-state index in [2.05, 4.69) is 5.32 Å². The van der Waals surface area contributed by atoms with E-state index in [-0.39, 0.29) is 10.9 Å². The Morgan fingerprint density at radius 2 is 1.69 bits per heavy atom. The molecular weight excluding hydrogens is 488 g/mol. The Hall–Kier alpha value is -3.23. The first kappa shape index (κ1) is 24.9. The summed E-state index contributed by atoms with van der Waals surface area (Å²) in [5.41, 5.74) is 2.86. The van der Waals surface area contributed by atoms with Crippen LogP contribution < -0.4 is 19.1 Å². The van der Waals surface area contributed by atoms with Gasteiger partial charge >= 0.3 is 0 Å². The van der Waals surface area contributed by atoms with Crippen molar-refractivity contribution >= 4 is 33.2 Å². The van der Waals surface area contributed by atoms with Crippen LogP contribution in [0.1, 0.15) is 29.7 Å². The zero-order chi connectivity index (χ0) is 25.2. The molecule has 1 amide bonds. The molecule has 0 unspecified atom stereocenters. The molecule has 1 atom stereocenters. The molecule has 0 aliphatic carbocycles. The Balaban J connectivity index is 1.59. The molecular formula is C26H27ClN2O5S. The van der Waals surface area contributed by atoms with E-state index >= 15 is 0 Å². The number of aryl methyl sites for hydroxylation is 2. The average molecular weight is 515 g/mol. The maximum Gasteiger partial charge on any atom is 0.264 e. The van der Waals surface area contributed by atoms with Gasteiger partial charge in [0.2, 0.25) is 5.91 Å². The number of fused-ring (bicyclic) bond motifs is 1. The second kappa shape index (κ2) is 10.2. The summed E-state index contributed by atoms with van der Waals surface area (Å²) in [5.74, 6) is 0.817. The second-order valence-corrected chi connectivity index (χ2v) is 10.7. The van der Waals surface area contributed by atoms with Crippen LogP contribution in [-0.2, 0) is 14.8 Å². The first-order valence-corrected chi connectivity index (χ1v) is 13.0. The molecule has 1 heterocycles. The molecule has 0 aromatic heterocycles. The zero-order valence-corrected chi connectivity index (χ0v) is 21.3. The minimum Gasteiger partial charge on any atom is -0.486 e. The number of nitrogens with zero attached hydrogens (tertiary/aromatic N) is 1. The number of benzene rings is 3. The largest absolute Gasteiger partial charge is 0.486 e. The van der Waals surface area contributed by atoms with Gasteiger partial charge in [-0.3, -0.25) is 9.10 Å². The highest BCUT2D eigenvalue weighted by molar-refractivity contribution is 7.92. The van der Waals surface area contributed by atoms with Gasteiger partial charge in [0.25, 0.3) is 10.0 Å². The number of hydrogen-bond acceptors (Lipinski definition) is 5. The Morgan fingerprint density at radius 1 is 1.00 bits per heavy atom. The van der Waals surface area contributed by atoms with Crippen molar-refractivity contribution < 1.29 is 22.7 Å². The lowest BCUT2D eigenvalue weighted by molar-refractivity contribution is -0.120. The van der Waals surface area contributed by atoms with Crippen LogP contribution in [0.5, 0.6) is 11.5 Å². The molecule has 1 aliphatic heterocycles. The number of amides is 1. The van der Waals surface area contributed by atoms with Crippen molar-refractivity contribution in [2.45, 2.75) is 31.7 Å². The van der Waals surface area contributed by atoms with Gasteiger partial charge in [0.1, 0.15) is 19.8 Å². The van der Waals surface area contributed by atoms with Crippen molar-refractivity contribution in [3.63, 3.8) is 0 Å². The molecule has 9 heteroatoms. The fraction of sp³-hybridized carbons (Fsp3) is 0.269. The normalized spacial score (nSPS) is 13.7. The molecule has 4 rings (SSSR count). The van der Waals surface area contributed by atoms with E-state index < -0.39 is 22.5 Å². The molecule has 3 aromatic carbocycles. The minimum absolute atomic E-state index is 0.0903. The fourth-order valence-electron chi connectivity index (χ4n) is 3.72. The van der Waals surface area contributed by atoms with Gasteiger partial charge < -0.3 is 14.8 Å². The third-order valence-corrected chi connectivity index (χ3v) is 7.98. The number of carbonyl (C=O) groups excluding carboxylic acids is 1. The van der Waals surface area contributed by atoms with Crippen LogP contribution in [0.4, 0.5) is 5.69 Å². The van der Waals surface area contributed by atoms with Crippen molar-refractivity contribution in [1.29, 1.82) is 0 Å². The van der Waals surface area contributed by atoms with Crippen LogP contribution in [0.2, 0.25) is 5.02 Å². The second-order valence-electron chi connectivity index (χ2n) is 8.45. The summed E-state index contributed by atoms with van der Waals surface area (Å²) in [6.07, 6.45) is 0. The molecule has 1 aliphatic rings. The molecule has 35 heavy (non-hydrogen) atoms. The molecule has 3 aromatic rings. The highest BCUT2D eigenvalue weighted by Crippen LogP contribution is 2.33. The zero-order valence-electron chi connectivity index (χ0n) is 19.7. The summed E-state index contributed by atoms with van der Waals surface area (Å²) in [4.78, 5) is 13.2. The lowest BCUT2D eigenvalue weighted by atomic mass is 10.1. The van der Waals surface area contributed by atoms with Crippen LogP contribution in [-0.4, -0.2) is 34.1 Å². The number of halogens is 1. The highest BCUT2D eigenvalue weighted by Gasteiger charge is 2.28. The predicted octanol–water partition coefficient (Wildman–Crippen LogP) is 4.80. The van der Waals surface area contributed by atoms with E-state index in [1.54, 1.807) is 36.4 Å². The molecule has 7 nitrogen and oxygen atoms in total. The smallest absolute Gasteiger partial charge is 0.264 e. The Bertz CT molecular complexity index is 1340. The van der Waals surface area contributed by atoms with E-state index in [9.17, 15) is 13.2 Å². The number of carbonyl (C=O) groups is 1. The third kappa shape index (κ3) is 5.55. The van der Waals surface area contributed by atoms with Crippen molar-refractivity contribution in [2.24, 2.45) is 0 Å². The highest BCUT2D eigenvalue weighted by atomic mass is 35.5. The SMILES string of the molecule is Cc1ccc(S(=O)(=O)N(CC(=O)N[C@@H](C)c2ccc3c(c2)OCCO3)c2ccc(C)c(Cl)c2)cc1. The van der Waals surface area contributed by atoms with Gasteiger partial charge in [-0.15, -0.1) is 0 Å². The van der Waals surface area contributed by atoms with Gasteiger partial charge in [0.15, 0.2) is 11.5 Å². The minimum atomic E-state index is -4.03. The van der Waals surface area contributed by atoms with Crippen LogP contribution in [0.3, 0.4) is 0 Å². The summed E-state index contributed by atoms with van der Waals surface area (Å²) in [6.45, 7) is 6.07. The van der Waals surface area contributed by atoms with E-state index in [0.29, 0.717) is 35.4 Å². The molecule has 184 valence electrons. The molecule has 0 spiro atoms. The molecule has 1 N–H and O–H groups in total. The quantitative estimate of drug-likeness (QED) is 0.489. The topological polar surface area (TPSA) is 84.9 Å².